The molecule has 0 fully saturated rings. The fourth-order valence-corrected chi connectivity index (χ4v) is 2.60. The Bertz CT molecular complexity index is 653. The number of nitro groups is 1. The average Bonchev–Trinajstić information content (AvgIpc) is 2.43. The predicted molar refractivity (Wildman–Crippen MR) is 76.0 cm³/mol. The van der Waals surface area contributed by atoms with Gasteiger partial charge in [-0.1, -0.05) is 0 Å². The van der Waals surface area contributed by atoms with Gasteiger partial charge in [-0.05, 0) is 31.9 Å². The number of carbonyl (C=O) groups excluding carboxylic acids is 1. The van der Waals surface area contributed by atoms with Gasteiger partial charge in [0.1, 0.15) is 0 Å². The highest BCUT2D eigenvalue weighted by molar-refractivity contribution is 9.11. The maximum Gasteiger partial charge on any atom is 0.321 e. The minimum atomic E-state index is -0.519. The molecule has 20 heavy (non-hydrogen) atoms. The van der Waals surface area contributed by atoms with E-state index in [1.165, 1.54) is 24.5 Å². The first-order chi connectivity index (χ1) is 9.51. The van der Waals surface area contributed by atoms with Gasteiger partial charge in [0.05, 0.1) is 19.4 Å². The fraction of sp³-hybridized carbons (Fsp3) is 0. The van der Waals surface area contributed by atoms with E-state index in [9.17, 15) is 14.9 Å². The molecule has 0 amide bonds. The molecule has 0 aliphatic carbocycles. The van der Waals surface area contributed by atoms with E-state index in [-0.39, 0.29) is 11.7 Å². The number of carbonyl (C=O) groups is 1. The van der Waals surface area contributed by atoms with Gasteiger partial charge >= 0.3 is 6.01 Å². The molecule has 2 aromatic rings. The summed E-state index contributed by atoms with van der Waals surface area (Å²) in [5, 5.41) is 10.7. The summed E-state index contributed by atoms with van der Waals surface area (Å²) >= 11 is 6.36. The third-order valence-electron chi connectivity index (χ3n) is 2.17. The third kappa shape index (κ3) is 3.17. The summed E-state index contributed by atoms with van der Waals surface area (Å²) in [5.41, 5.74) is 0.229. The van der Waals surface area contributed by atoms with Crippen molar-refractivity contribution in [2.24, 2.45) is 0 Å². The van der Waals surface area contributed by atoms with Crippen LogP contribution in [0.2, 0.25) is 0 Å². The number of non-ortho nitro benzene ring substituents is 1. The first-order valence-electron chi connectivity index (χ1n) is 5.10. The quantitative estimate of drug-likeness (QED) is 0.441. The van der Waals surface area contributed by atoms with Gasteiger partial charge in [-0.2, -0.15) is 0 Å². The van der Waals surface area contributed by atoms with Gasteiger partial charge in [0.2, 0.25) is 0 Å². The van der Waals surface area contributed by atoms with Gasteiger partial charge in [-0.15, -0.1) is 0 Å². The van der Waals surface area contributed by atoms with E-state index in [1.54, 1.807) is 0 Å². The van der Waals surface area contributed by atoms with Crippen molar-refractivity contribution in [2.45, 2.75) is 0 Å². The molecule has 1 aromatic heterocycles. The average molecular weight is 403 g/mol. The van der Waals surface area contributed by atoms with Gasteiger partial charge in [-0.3, -0.25) is 14.9 Å². The zero-order valence-corrected chi connectivity index (χ0v) is 12.8. The van der Waals surface area contributed by atoms with Crippen LogP contribution < -0.4 is 4.74 Å². The summed E-state index contributed by atoms with van der Waals surface area (Å²) in [6.45, 7) is 0. The number of nitrogens with zero attached hydrogens (tertiary/aromatic N) is 3. The normalized spacial score (nSPS) is 10.1. The molecule has 0 saturated heterocycles. The highest BCUT2D eigenvalue weighted by Crippen LogP contribution is 2.38. The maximum absolute atomic E-state index is 10.7. The second-order valence-corrected chi connectivity index (χ2v) is 5.22. The number of ether oxygens (including phenoxy) is 1. The van der Waals surface area contributed by atoms with Crippen LogP contribution in [-0.4, -0.2) is 21.2 Å². The Morgan fingerprint density at radius 3 is 2.20 bits per heavy atom. The maximum atomic E-state index is 10.7. The molecule has 0 radical (unpaired) electrons. The van der Waals surface area contributed by atoms with E-state index in [1.807, 2.05) is 0 Å². The molecule has 1 aromatic carbocycles. The van der Waals surface area contributed by atoms with Gasteiger partial charge < -0.3 is 4.74 Å². The minimum Gasteiger partial charge on any atom is -0.422 e. The number of aromatic nitrogens is 2. The van der Waals surface area contributed by atoms with Crippen molar-refractivity contribution < 1.29 is 14.5 Å². The third-order valence-corrected chi connectivity index (χ3v) is 3.35. The Morgan fingerprint density at radius 1 is 1.20 bits per heavy atom. The van der Waals surface area contributed by atoms with Crippen LogP contribution in [0.25, 0.3) is 0 Å². The van der Waals surface area contributed by atoms with Crippen LogP contribution in [0.1, 0.15) is 10.4 Å². The van der Waals surface area contributed by atoms with Gasteiger partial charge in [0.15, 0.2) is 12.0 Å². The molecular formula is C11H5Br2N3O4. The summed E-state index contributed by atoms with van der Waals surface area (Å²) in [5.74, 6) is 0.300. The second kappa shape index (κ2) is 6.06. The monoisotopic (exact) mass is 401 g/mol. The van der Waals surface area contributed by atoms with Gasteiger partial charge in [0, 0.05) is 24.5 Å². The molecule has 9 heteroatoms. The van der Waals surface area contributed by atoms with Crippen molar-refractivity contribution in [2.75, 3.05) is 0 Å². The van der Waals surface area contributed by atoms with E-state index in [0.29, 0.717) is 26.5 Å². The van der Waals surface area contributed by atoms with Gasteiger partial charge in [-0.25, -0.2) is 9.97 Å². The Hall–Kier alpha value is -1.87. The van der Waals surface area contributed by atoms with Crippen LogP contribution in [0.5, 0.6) is 11.8 Å². The largest absolute Gasteiger partial charge is 0.422 e. The van der Waals surface area contributed by atoms with E-state index >= 15 is 0 Å². The van der Waals surface area contributed by atoms with Crippen LogP contribution in [0.3, 0.4) is 0 Å². The lowest BCUT2D eigenvalue weighted by Gasteiger charge is -2.08. The molecule has 102 valence electrons. The van der Waals surface area contributed by atoms with Crippen LogP contribution in [0.15, 0.2) is 33.5 Å². The van der Waals surface area contributed by atoms with E-state index < -0.39 is 4.92 Å². The van der Waals surface area contributed by atoms with Crippen LogP contribution in [0, 0.1) is 10.1 Å². The standard InChI is InChI=1S/C11H5Br2N3O4/c12-8-1-7(16(18)19)2-9(13)10(8)20-11-14-3-6(5-17)4-15-11/h1-5H. The lowest BCUT2D eigenvalue weighted by molar-refractivity contribution is -0.385. The molecular weight excluding hydrogens is 398 g/mol. The molecule has 1 heterocycles. The number of aldehydes is 1. The molecule has 7 nitrogen and oxygen atoms in total. The van der Waals surface area contributed by atoms with Crippen molar-refractivity contribution in [1.82, 2.24) is 9.97 Å². The molecule has 0 N–H and O–H groups in total. The number of hydrogen-bond donors (Lipinski definition) is 0. The fourth-order valence-electron chi connectivity index (χ4n) is 1.28. The Balaban J connectivity index is 2.33. The van der Waals surface area contributed by atoms with Crippen LogP contribution >= 0.6 is 31.9 Å². The molecule has 2 rings (SSSR count). The van der Waals surface area contributed by atoms with Crippen LogP contribution in [0.4, 0.5) is 5.69 Å². The first kappa shape index (κ1) is 14.5. The smallest absolute Gasteiger partial charge is 0.321 e. The molecule has 0 spiro atoms. The molecule has 0 saturated carbocycles. The van der Waals surface area contributed by atoms with Crippen molar-refractivity contribution in [1.29, 1.82) is 0 Å². The summed E-state index contributed by atoms with van der Waals surface area (Å²) in [4.78, 5) is 28.4. The number of nitro benzene ring substituents is 1. The van der Waals surface area contributed by atoms with Crippen LogP contribution in [-0.2, 0) is 0 Å². The van der Waals surface area contributed by atoms with Crippen molar-refractivity contribution >= 4 is 43.8 Å². The van der Waals surface area contributed by atoms with E-state index in [0.717, 1.165) is 0 Å². The summed E-state index contributed by atoms with van der Waals surface area (Å²) in [6.07, 6.45) is 3.23. The first-order valence-corrected chi connectivity index (χ1v) is 6.68. The molecule has 0 aliphatic rings. The summed E-state index contributed by atoms with van der Waals surface area (Å²) in [7, 11) is 0. The number of rotatable bonds is 4. The molecule has 0 unspecified atom stereocenters. The number of hydrogen-bond acceptors (Lipinski definition) is 6. The zero-order chi connectivity index (χ0) is 14.7. The van der Waals surface area contributed by atoms with Crippen molar-refractivity contribution in [3.63, 3.8) is 0 Å². The lowest BCUT2D eigenvalue weighted by atomic mass is 10.3. The lowest BCUT2D eigenvalue weighted by Crippen LogP contribution is -1.96. The highest BCUT2D eigenvalue weighted by Gasteiger charge is 2.16. The summed E-state index contributed by atoms with van der Waals surface area (Å²) in [6, 6.07) is 2.63. The Morgan fingerprint density at radius 2 is 1.75 bits per heavy atom. The van der Waals surface area contributed by atoms with Gasteiger partial charge in [0.25, 0.3) is 5.69 Å². The number of halogens is 2. The molecule has 0 aliphatic heterocycles. The van der Waals surface area contributed by atoms with Crippen molar-refractivity contribution in [3.8, 4) is 11.8 Å². The SMILES string of the molecule is O=Cc1cnc(Oc2c(Br)cc([N+](=O)[O-])cc2Br)nc1. The Kier molecular flexibility index (Phi) is 4.40. The molecule has 0 atom stereocenters. The topological polar surface area (TPSA) is 95.2 Å². The number of benzene rings is 1. The van der Waals surface area contributed by atoms with E-state index in [4.69, 9.17) is 4.74 Å². The van der Waals surface area contributed by atoms with Crippen molar-refractivity contribution in [3.05, 3.63) is 49.1 Å². The highest BCUT2D eigenvalue weighted by atomic mass is 79.9. The predicted octanol–water partition coefficient (Wildman–Crippen LogP) is 3.51. The second-order valence-electron chi connectivity index (χ2n) is 3.51. The minimum absolute atomic E-state index is 0.0193. The van der Waals surface area contributed by atoms with E-state index in [2.05, 4.69) is 41.8 Å². The zero-order valence-electron chi connectivity index (χ0n) is 9.62. The summed E-state index contributed by atoms with van der Waals surface area (Å²) < 4.78 is 6.17. The molecule has 0 bridgehead atoms. The Labute approximate surface area is 129 Å².